The lowest BCUT2D eigenvalue weighted by Gasteiger charge is -2.36. The molecule has 1 N–H and O–H groups in total. The number of ketones is 1. The normalized spacial score (nSPS) is 23.0. The Morgan fingerprint density at radius 3 is 2.55 bits per heavy atom. The smallest absolute Gasteiger partial charge is 0.229 e. The van der Waals surface area contributed by atoms with Crippen LogP contribution in [0.25, 0.3) is 0 Å². The standard InChI is InChI=1S/C16H20N4O2/c1-19-7-9-20(10-8-19)16-17-13(11-14(21)18-16)15(22)12-5-3-2-4-6-12/h2-6,13H,7-11H2,1H3,(H,17,18,21). The van der Waals surface area contributed by atoms with Crippen molar-refractivity contribution in [1.29, 1.82) is 0 Å². The molecular weight excluding hydrogens is 280 g/mol. The second-order valence-electron chi connectivity index (χ2n) is 5.74. The Labute approximate surface area is 129 Å². The number of carbonyl (C=O) groups excluding carboxylic acids is 2. The van der Waals surface area contributed by atoms with Crippen LogP contribution >= 0.6 is 0 Å². The highest BCUT2D eigenvalue weighted by molar-refractivity contribution is 6.08. The number of guanidine groups is 1. The highest BCUT2D eigenvalue weighted by Gasteiger charge is 2.30. The number of hydrogen-bond donors (Lipinski definition) is 1. The molecule has 1 aromatic carbocycles. The molecular formula is C16H20N4O2. The predicted molar refractivity (Wildman–Crippen MR) is 83.8 cm³/mol. The number of carbonyl (C=O) groups is 2. The number of likely N-dealkylation sites (N-methyl/N-ethyl adjacent to an activating group) is 1. The van der Waals surface area contributed by atoms with Crippen LogP contribution in [0.15, 0.2) is 35.3 Å². The van der Waals surface area contributed by atoms with E-state index in [9.17, 15) is 9.59 Å². The minimum absolute atomic E-state index is 0.0953. The summed E-state index contributed by atoms with van der Waals surface area (Å²) in [5.74, 6) is 0.305. The van der Waals surface area contributed by atoms with Crippen molar-refractivity contribution in [2.75, 3.05) is 33.2 Å². The minimum Gasteiger partial charge on any atom is -0.340 e. The molecule has 0 aliphatic carbocycles. The summed E-state index contributed by atoms with van der Waals surface area (Å²) in [5.41, 5.74) is 0.601. The van der Waals surface area contributed by atoms with Gasteiger partial charge in [-0.1, -0.05) is 30.3 Å². The number of aliphatic imine (C=N–C) groups is 1. The minimum atomic E-state index is -0.620. The van der Waals surface area contributed by atoms with Gasteiger partial charge in [-0.3, -0.25) is 14.9 Å². The number of amides is 1. The molecule has 1 atom stereocenters. The molecule has 1 saturated heterocycles. The molecule has 1 unspecified atom stereocenters. The average Bonchev–Trinajstić information content (AvgIpc) is 2.55. The second-order valence-corrected chi connectivity index (χ2v) is 5.74. The Hall–Kier alpha value is -2.21. The van der Waals surface area contributed by atoms with E-state index in [0.717, 1.165) is 26.2 Å². The third-order valence-corrected chi connectivity index (χ3v) is 4.07. The fourth-order valence-corrected chi connectivity index (χ4v) is 2.70. The first kappa shape index (κ1) is 14.7. The van der Waals surface area contributed by atoms with Crippen LogP contribution in [0, 0.1) is 0 Å². The van der Waals surface area contributed by atoms with Crippen molar-refractivity contribution < 1.29 is 9.59 Å². The van der Waals surface area contributed by atoms with Gasteiger partial charge in [0, 0.05) is 31.7 Å². The molecule has 1 amide bonds. The lowest BCUT2D eigenvalue weighted by Crippen LogP contribution is -2.55. The third kappa shape index (κ3) is 3.17. The third-order valence-electron chi connectivity index (χ3n) is 4.07. The number of benzene rings is 1. The van der Waals surface area contributed by atoms with Crippen LogP contribution in [-0.4, -0.2) is 66.7 Å². The van der Waals surface area contributed by atoms with Gasteiger partial charge in [-0.15, -0.1) is 0 Å². The number of hydrogen-bond acceptors (Lipinski definition) is 5. The van der Waals surface area contributed by atoms with Crippen molar-refractivity contribution in [2.24, 2.45) is 4.99 Å². The topological polar surface area (TPSA) is 65.0 Å². The molecule has 6 heteroatoms. The summed E-state index contributed by atoms with van der Waals surface area (Å²) in [6, 6.07) is 8.41. The molecule has 0 radical (unpaired) electrons. The summed E-state index contributed by atoms with van der Waals surface area (Å²) in [6.45, 7) is 3.46. The van der Waals surface area contributed by atoms with Gasteiger partial charge in [-0.25, -0.2) is 4.99 Å². The average molecular weight is 300 g/mol. The number of nitrogens with one attached hydrogen (secondary N) is 1. The van der Waals surface area contributed by atoms with E-state index in [4.69, 9.17) is 0 Å². The van der Waals surface area contributed by atoms with Crippen LogP contribution in [0.1, 0.15) is 16.8 Å². The molecule has 22 heavy (non-hydrogen) atoms. The Bertz CT molecular complexity index is 591. The second kappa shape index (κ2) is 6.27. The molecule has 0 bridgehead atoms. The molecule has 1 fully saturated rings. The first-order valence-electron chi connectivity index (χ1n) is 7.54. The van der Waals surface area contributed by atoms with Gasteiger partial charge in [0.2, 0.25) is 11.9 Å². The summed E-state index contributed by atoms with van der Waals surface area (Å²) in [6.07, 6.45) is 0.116. The van der Waals surface area contributed by atoms with E-state index in [1.807, 2.05) is 23.1 Å². The van der Waals surface area contributed by atoms with Crippen LogP contribution < -0.4 is 5.32 Å². The Morgan fingerprint density at radius 2 is 1.86 bits per heavy atom. The number of Topliss-reactive ketones (excluding diaryl/α,β-unsaturated/α-hetero) is 1. The van der Waals surface area contributed by atoms with Crippen LogP contribution in [-0.2, 0) is 4.79 Å². The molecule has 1 aromatic rings. The van der Waals surface area contributed by atoms with Gasteiger partial charge < -0.3 is 9.80 Å². The highest BCUT2D eigenvalue weighted by atomic mass is 16.2. The quantitative estimate of drug-likeness (QED) is 0.801. The van der Waals surface area contributed by atoms with E-state index in [2.05, 4.69) is 22.3 Å². The van der Waals surface area contributed by atoms with E-state index < -0.39 is 6.04 Å². The van der Waals surface area contributed by atoms with Crippen molar-refractivity contribution in [3.63, 3.8) is 0 Å². The van der Waals surface area contributed by atoms with Crippen LogP contribution in [0.4, 0.5) is 0 Å². The summed E-state index contributed by atoms with van der Waals surface area (Å²) in [4.78, 5) is 33.2. The summed E-state index contributed by atoms with van der Waals surface area (Å²) in [5, 5.41) is 2.80. The van der Waals surface area contributed by atoms with Gasteiger partial charge in [0.15, 0.2) is 5.78 Å². The Balaban J connectivity index is 1.78. The van der Waals surface area contributed by atoms with Crippen LogP contribution in [0.5, 0.6) is 0 Å². The summed E-state index contributed by atoms with van der Waals surface area (Å²) in [7, 11) is 2.07. The number of piperazine rings is 1. The zero-order chi connectivity index (χ0) is 15.5. The maximum absolute atomic E-state index is 12.5. The maximum atomic E-state index is 12.5. The monoisotopic (exact) mass is 300 g/mol. The lowest BCUT2D eigenvalue weighted by atomic mass is 10.0. The largest absolute Gasteiger partial charge is 0.340 e. The van der Waals surface area contributed by atoms with Crippen molar-refractivity contribution in [3.05, 3.63) is 35.9 Å². The van der Waals surface area contributed by atoms with Crippen LogP contribution in [0.3, 0.4) is 0 Å². The van der Waals surface area contributed by atoms with E-state index in [-0.39, 0.29) is 18.1 Å². The molecule has 3 rings (SSSR count). The van der Waals surface area contributed by atoms with E-state index in [0.29, 0.717) is 11.5 Å². The summed E-state index contributed by atoms with van der Waals surface area (Å²) < 4.78 is 0. The van der Waals surface area contributed by atoms with Gasteiger partial charge in [0.25, 0.3) is 0 Å². The zero-order valence-corrected chi connectivity index (χ0v) is 12.7. The molecule has 0 saturated carbocycles. The fourth-order valence-electron chi connectivity index (χ4n) is 2.70. The van der Waals surface area contributed by atoms with Gasteiger partial charge >= 0.3 is 0 Å². The number of nitrogens with zero attached hydrogens (tertiary/aromatic N) is 3. The van der Waals surface area contributed by atoms with Gasteiger partial charge in [0.1, 0.15) is 6.04 Å². The summed E-state index contributed by atoms with van der Waals surface area (Å²) >= 11 is 0. The molecule has 2 aliphatic heterocycles. The predicted octanol–water partition coefficient (Wildman–Crippen LogP) is 0.361. The van der Waals surface area contributed by atoms with E-state index >= 15 is 0 Å². The SMILES string of the molecule is CN1CCN(C2=NC(C(=O)c3ccccc3)CC(=O)N2)CC1. The van der Waals surface area contributed by atoms with Crippen LogP contribution in [0.2, 0.25) is 0 Å². The Morgan fingerprint density at radius 1 is 1.18 bits per heavy atom. The number of rotatable bonds is 2. The fraction of sp³-hybridized carbons (Fsp3) is 0.438. The molecule has 6 nitrogen and oxygen atoms in total. The van der Waals surface area contributed by atoms with Crippen molar-refractivity contribution in [3.8, 4) is 0 Å². The molecule has 2 aliphatic rings. The van der Waals surface area contributed by atoms with E-state index in [1.165, 1.54) is 0 Å². The van der Waals surface area contributed by atoms with Gasteiger partial charge in [-0.2, -0.15) is 0 Å². The maximum Gasteiger partial charge on any atom is 0.229 e. The molecule has 0 spiro atoms. The molecule has 0 aromatic heterocycles. The van der Waals surface area contributed by atoms with Gasteiger partial charge in [-0.05, 0) is 7.05 Å². The zero-order valence-electron chi connectivity index (χ0n) is 12.7. The van der Waals surface area contributed by atoms with Crippen molar-refractivity contribution in [2.45, 2.75) is 12.5 Å². The molecule has 2 heterocycles. The molecule has 116 valence electrons. The first-order valence-corrected chi connectivity index (χ1v) is 7.54. The van der Waals surface area contributed by atoms with Gasteiger partial charge in [0.05, 0.1) is 6.42 Å². The van der Waals surface area contributed by atoms with Crippen molar-refractivity contribution >= 4 is 17.6 Å². The first-order chi connectivity index (χ1) is 10.6. The van der Waals surface area contributed by atoms with Crippen molar-refractivity contribution in [1.82, 2.24) is 15.1 Å². The van der Waals surface area contributed by atoms with E-state index in [1.54, 1.807) is 12.1 Å². The highest BCUT2D eigenvalue weighted by Crippen LogP contribution is 2.14. The lowest BCUT2D eigenvalue weighted by molar-refractivity contribution is -0.120. The Kier molecular flexibility index (Phi) is 4.20.